The van der Waals surface area contributed by atoms with Gasteiger partial charge in [0, 0.05) is 47.1 Å². The minimum atomic E-state index is -0.777. The zero-order valence-electron chi connectivity index (χ0n) is 10.5. The Hall–Kier alpha value is -1.76. The fraction of sp³-hybridized carbons (Fsp3) is 0.417. The van der Waals surface area contributed by atoms with Crippen LogP contribution >= 0.6 is 0 Å². The molecule has 1 fully saturated rings. The molecule has 1 aromatic carbocycles. The first-order valence-electron chi connectivity index (χ1n) is 5.88. The first kappa shape index (κ1) is 13.7. The lowest BCUT2D eigenvalue weighted by molar-refractivity contribution is -0.385. The van der Waals surface area contributed by atoms with Crippen LogP contribution in [0.15, 0.2) is 18.2 Å². The zero-order chi connectivity index (χ0) is 14.0. The number of ketones is 1. The van der Waals surface area contributed by atoms with Gasteiger partial charge in [-0.2, -0.15) is 0 Å². The van der Waals surface area contributed by atoms with Gasteiger partial charge in [-0.1, -0.05) is 0 Å². The molecule has 1 aliphatic rings. The highest BCUT2D eigenvalue weighted by molar-refractivity contribution is 7.85. The van der Waals surface area contributed by atoms with Gasteiger partial charge in [0.2, 0.25) is 0 Å². The van der Waals surface area contributed by atoms with E-state index in [0.717, 1.165) is 5.69 Å². The molecule has 2 rings (SSSR count). The Morgan fingerprint density at radius 2 is 2.00 bits per heavy atom. The molecular weight excluding hydrogens is 268 g/mol. The highest BCUT2D eigenvalue weighted by Crippen LogP contribution is 2.26. The van der Waals surface area contributed by atoms with Gasteiger partial charge < -0.3 is 4.90 Å². The standard InChI is InChI=1S/C12H14N2O4S/c1-9(15)11-8-10(2-3-12(11)14(16)17)13-4-6-19(18)7-5-13/h2-3,8H,4-7H2,1H3. The average molecular weight is 282 g/mol. The molecule has 1 aliphatic heterocycles. The summed E-state index contributed by atoms with van der Waals surface area (Å²) in [5.41, 5.74) is 0.721. The summed E-state index contributed by atoms with van der Waals surface area (Å²) in [4.78, 5) is 23.8. The smallest absolute Gasteiger partial charge is 0.280 e. The highest BCUT2D eigenvalue weighted by Gasteiger charge is 2.21. The van der Waals surface area contributed by atoms with E-state index >= 15 is 0 Å². The highest BCUT2D eigenvalue weighted by atomic mass is 32.2. The van der Waals surface area contributed by atoms with E-state index in [1.807, 2.05) is 4.90 Å². The van der Waals surface area contributed by atoms with Crippen LogP contribution in [0.5, 0.6) is 0 Å². The van der Waals surface area contributed by atoms with Crippen LogP contribution in [0.4, 0.5) is 11.4 Å². The molecule has 102 valence electrons. The molecule has 0 aliphatic carbocycles. The van der Waals surface area contributed by atoms with Gasteiger partial charge in [0.25, 0.3) is 5.69 Å². The van der Waals surface area contributed by atoms with Crippen molar-refractivity contribution in [2.45, 2.75) is 6.92 Å². The number of benzene rings is 1. The fourth-order valence-corrected chi connectivity index (χ4v) is 3.11. The van der Waals surface area contributed by atoms with Crippen LogP contribution < -0.4 is 4.90 Å². The van der Waals surface area contributed by atoms with Crippen LogP contribution in [-0.4, -0.2) is 39.5 Å². The fourth-order valence-electron chi connectivity index (χ4n) is 2.06. The molecule has 6 nitrogen and oxygen atoms in total. The molecule has 0 unspecified atom stereocenters. The molecule has 0 radical (unpaired) electrons. The number of hydrogen-bond donors (Lipinski definition) is 0. The Bertz CT molecular complexity index is 549. The van der Waals surface area contributed by atoms with E-state index in [1.54, 1.807) is 12.1 Å². The van der Waals surface area contributed by atoms with Crippen molar-refractivity contribution in [2.75, 3.05) is 29.5 Å². The number of carbonyl (C=O) groups excluding carboxylic acids is 1. The van der Waals surface area contributed by atoms with Crippen molar-refractivity contribution in [2.24, 2.45) is 0 Å². The SMILES string of the molecule is CC(=O)c1cc(N2CCS(=O)CC2)ccc1[N+](=O)[O-]. The molecule has 0 N–H and O–H groups in total. The second-order valence-electron chi connectivity index (χ2n) is 4.35. The van der Waals surface area contributed by atoms with Gasteiger partial charge in [-0.15, -0.1) is 0 Å². The van der Waals surface area contributed by atoms with Crippen molar-refractivity contribution < 1.29 is 13.9 Å². The predicted octanol–water partition coefficient (Wildman–Crippen LogP) is 1.37. The zero-order valence-corrected chi connectivity index (χ0v) is 11.3. The lowest BCUT2D eigenvalue weighted by Gasteiger charge is -2.28. The number of carbonyl (C=O) groups is 1. The van der Waals surface area contributed by atoms with E-state index in [2.05, 4.69) is 0 Å². The monoisotopic (exact) mass is 282 g/mol. The molecular formula is C12H14N2O4S. The Balaban J connectivity index is 2.33. The van der Waals surface area contributed by atoms with Crippen molar-refractivity contribution in [1.82, 2.24) is 0 Å². The summed E-state index contributed by atoms with van der Waals surface area (Å²) in [5.74, 6) is 0.854. The third-order valence-electron chi connectivity index (χ3n) is 3.10. The van der Waals surface area contributed by atoms with Crippen molar-refractivity contribution in [3.05, 3.63) is 33.9 Å². The van der Waals surface area contributed by atoms with Crippen molar-refractivity contribution in [1.29, 1.82) is 0 Å². The van der Waals surface area contributed by atoms with E-state index in [9.17, 15) is 19.1 Å². The van der Waals surface area contributed by atoms with Gasteiger partial charge >= 0.3 is 0 Å². The summed E-state index contributed by atoms with van der Waals surface area (Å²) in [5, 5.41) is 10.9. The van der Waals surface area contributed by atoms with Gasteiger partial charge in [0.1, 0.15) is 0 Å². The van der Waals surface area contributed by atoms with E-state index in [1.165, 1.54) is 13.0 Å². The Kier molecular flexibility index (Phi) is 3.94. The van der Waals surface area contributed by atoms with Gasteiger partial charge in [0.05, 0.1) is 10.5 Å². The number of anilines is 1. The van der Waals surface area contributed by atoms with E-state index in [4.69, 9.17) is 0 Å². The molecule has 0 aromatic heterocycles. The first-order valence-corrected chi connectivity index (χ1v) is 7.37. The van der Waals surface area contributed by atoms with E-state index < -0.39 is 15.7 Å². The molecule has 0 spiro atoms. The minimum absolute atomic E-state index is 0.120. The summed E-state index contributed by atoms with van der Waals surface area (Å²) < 4.78 is 11.3. The number of nitro benzene ring substituents is 1. The molecule has 0 amide bonds. The molecule has 0 bridgehead atoms. The summed E-state index contributed by atoms with van der Waals surface area (Å²) in [6.45, 7) is 2.60. The minimum Gasteiger partial charge on any atom is -0.370 e. The van der Waals surface area contributed by atoms with Crippen molar-refractivity contribution in [3.8, 4) is 0 Å². The van der Waals surface area contributed by atoms with Crippen LogP contribution in [0.3, 0.4) is 0 Å². The lowest BCUT2D eigenvalue weighted by atomic mass is 10.1. The second kappa shape index (κ2) is 5.48. The quantitative estimate of drug-likeness (QED) is 0.475. The van der Waals surface area contributed by atoms with Crippen LogP contribution in [-0.2, 0) is 10.8 Å². The van der Waals surface area contributed by atoms with Gasteiger partial charge in [-0.3, -0.25) is 19.1 Å². The first-order chi connectivity index (χ1) is 8.99. The predicted molar refractivity (Wildman–Crippen MR) is 73.2 cm³/mol. The Labute approximate surface area is 113 Å². The number of Topliss-reactive ketones (excluding diaryl/α,β-unsaturated/α-hetero) is 1. The molecule has 1 heterocycles. The maximum atomic E-state index is 11.5. The average Bonchev–Trinajstić information content (AvgIpc) is 2.38. The number of hydrogen-bond acceptors (Lipinski definition) is 5. The maximum absolute atomic E-state index is 11.5. The third-order valence-corrected chi connectivity index (χ3v) is 4.37. The normalized spacial score (nSPS) is 16.4. The van der Waals surface area contributed by atoms with Gasteiger partial charge in [-0.05, 0) is 19.1 Å². The Morgan fingerprint density at radius 3 is 2.53 bits per heavy atom. The summed E-state index contributed by atoms with van der Waals surface area (Å²) in [6.07, 6.45) is 0. The van der Waals surface area contributed by atoms with Gasteiger partial charge in [-0.25, -0.2) is 0 Å². The topological polar surface area (TPSA) is 80.5 Å². The lowest BCUT2D eigenvalue weighted by Crippen LogP contribution is -2.37. The molecule has 19 heavy (non-hydrogen) atoms. The maximum Gasteiger partial charge on any atom is 0.280 e. The van der Waals surface area contributed by atoms with Crippen molar-refractivity contribution in [3.63, 3.8) is 0 Å². The molecule has 7 heteroatoms. The third kappa shape index (κ3) is 2.98. The van der Waals surface area contributed by atoms with Crippen LogP contribution in [0.25, 0.3) is 0 Å². The number of nitrogens with zero attached hydrogens (tertiary/aromatic N) is 2. The molecule has 1 saturated heterocycles. The van der Waals surface area contributed by atoms with Gasteiger partial charge in [0.15, 0.2) is 5.78 Å². The number of nitro groups is 1. The summed E-state index contributed by atoms with van der Waals surface area (Å²) in [7, 11) is -0.777. The van der Waals surface area contributed by atoms with Crippen molar-refractivity contribution >= 4 is 28.0 Å². The summed E-state index contributed by atoms with van der Waals surface area (Å²) in [6, 6.07) is 4.55. The number of rotatable bonds is 3. The van der Waals surface area contributed by atoms with Crippen LogP contribution in [0.2, 0.25) is 0 Å². The van der Waals surface area contributed by atoms with E-state index in [0.29, 0.717) is 24.6 Å². The summed E-state index contributed by atoms with van der Waals surface area (Å²) >= 11 is 0. The van der Waals surface area contributed by atoms with E-state index in [-0.39, 0.29) is 17.0 Å². The van der Waals surface area contributed by atoms with Crippen LogP contribution in [0.1, 0.15) is 17.3 Å². The molecule has 0 saturated carbocycles. The molecule has 1 aromatic rings. The largest absolute Gasteiger partial charge is 0.370 e. The Morgan fingerprint density at radius 1 is 1.37 bits per heavy atom. The molecule has 0 atom stereocenters. The second-order valence-corrected chi connectivity index (χ2v) is 6.05. The van der Waals surface area contributed by atoms with Crippen LogP contribution in [0, 0.1) is 10.1 Å².